The number of aliphatic hydroxyl groups excluding tert-OH is 2. The Morgan fingerprint density at radius 3 is 2.53 bits per heavy atom. The first kappa shape index (κ1) is 26.2. The van der Waals surface area contributed by atoms with Crippen LogP contribution in [0.1, 0.15) is 49.7 Å². The van der Waals surface area contributed by atoms with Crippen molar-refractivity contribution in [3.05, 3.63) is 59.7 Å². The van der Waals surface area contributed by atoms with Crippen LogP contribution in [0.5, 0.6) is 0 Å². The molecule has 1 aliphatic carbocycles. The fraction of sp³-hybridized carbons (Fsp3) is 0.464. The Kier molecular flexibility index (Phi) is 8.63. The molecular weight excluding hydrogens is 478 g/mol. The summed E-state index contributed by atoms with van der Waals surface area (Å²) in [5, 5.41) is 33.0. The second-order valence-corrected chi connectivity index (χ2v) is 10.3. The van der Waals surface area contributed by atoms with Crippen LogP contribution in [0, 0.1) is 17.2 Å². The lowest BCUT2D eigenvalue weighted by Gasteiger charge is -2.36. The first-order valence-electron chi connectivity index (χ1n) is 12.6. The largest absolute Gasteiger partial charge is 0.380 e. The van der Waals surface area contributed by atoms with Gasteiger partial charge in [0.05, 0.1) is 11.6 Å². The van der Waals surface area contributed by atoms with Crippen molar-refractivity contribution in [3.63, 3.8) is 0 Å². The third-order valence-electron chi connectivity index (χ3n) is 7.38. The summed E-state index contributed by atoms with van der Waals surface area (Å²) in [5.41, 5.74) is 3.05. The predicted molar refractivity (Wildman–Crippen MR) is 137 cm³/mol. The first-order chi connectivity index (χ1) is 17.4. The van der Waals surface area contributed by atoms with Crippen LogP contribution >= 0.6 is 11.6 Å². The van der Waals surface area contributed by atoms with Crippen LogP contribution in [0.4, 0.5) is 0 Å². The van der Waals surface area contributed by atoms with Crippen molar-refractivity contribution in [3.8, 4) is 17.2 Å². The number of carbonyl (C=O) groups excluding carboxylic acids is 2. The van der Waals surface area contributed by atoms with E-state index in [4.69, 9.17) is 11.6 Å². The summed E-state index contributed by atoms with van der Waals surface area (Å²) in [6, 6.07) is 16.8. The Morgan fingerprint density at radius 1 is 1.06 bits per heavy atom. The van der Waals surface area contributed by atoms with E-state index in [-0.39, 0.29) is 23.9 Å². The summed E-state index contributed by atoms with van der Waals surface area (Å²) >= 11 is 6.35. The average Bonchev–Trinajstić information content (AvgIpc) is 3.41. The molecule has 2 unspecified atom stereocenters. The summed E-state index contributed by atoms with van der Waals surface area (Å²) in [6.07, 6.45) is 1.87. The molecule has 5 atom stereocenters. The number of alkyl halides is 1. The number of halogens is 1. The van der Waals surface area contributed by atoms with Gasteiger partial charge in [0.25, 0.3) is 11.8 Å². The van der Waals surface area contributed by atoms with Crippen LogP contribution in [-0.2, 0) is 16.1 Å². The Bertz CT molecular complexity index is 1120. The van der Waals surface area contributed by atoms with Gasteiger partial charge in [-0.3, -0.25) is 9.59 Å². The Labute approximate surface area is 216 Å². The second-order valence-electron chi connectivity index (χ2n) is 9.73. The van der Waals surface area contributed by atoms with Gasteiger partial charge in [-0.15, -0.1) is 11.6 Å². The summed E-state index contributed by atoms with van der Waals surface area (Å²) in [4.78, 5) is 27.2. The molecule has 2 aromatic carbocycles. The summed E-state index contributed by atoms with van der Waals surface area (Å²) in [7, 11) is 0. The lowest BCUT2D eigenvalue weighted by atomic mass is 9.82. The third-order valence-corrected chi connectivity index (χ3v) is 7.77. The summed E-state index contributed by atoms with van der Waals surface area (Å²) in [5.74, 6) is -1.12. The number of rotatable bonds is 7. The Morgan fingerprint density at radius 2 is 1.81 bits per heavy atom. The van der Waals surface area contributed by atoms with Gasteiger partial charge >= 0.3 is 0 Å². The SMILES string of the molecule is N#Cc1ccccc1-c1ccc(CNC(=O)[C@H](O)[C@@H](O)C(=O)N2CCCC2[C@H]2CCCC(Cl)C2)cc1. The molecule has 2 fully saturated rings. The van der Waals surface area contributed by atoms with Crippen LogP contribution in [0.3, 0.4) is 0 Å². The van der Waals surface area contributed by atoms with Gasteiger partial charge in [0, 0.05) is 24.5 Å². The third kappa shape index (κ3) is 5.89. The molecule has 0 radical (unpaired) electrons. The van der Waals surface area contributed by atoms with Crippen LogP contribution < -0.4 is 5.32 Å². The number of hydrogen-bond acceptors (Lipinski definition) is 5. The lowest BCUT2D eigenvalue weighted by Crippen LogP contribution is -2.53. The maximum atomic E-state index is 13.0. The van der Waals surface area contributed by atoms with Crippen molar-refractivity contribution in [2.24, 2.45) is 5.92 Å². The predicted octanol–water partition coefficient (Wildman–Crippen LogP) is 3.35. The zero-order valence-corrected chi connectivity index (χ0v) is 20.9. The molecule has 190 valence electrons. The maximum absolute atomic E-state index is 13.0. The maximum Gasteiger partial charge on any atom is 0.254 e. The quantitative estimate of drug-likeness (QED) is 0.495. The Balaban J connectivity index is 1.32. The van der Waals surface area contributed by atoms with Crippen LogP contribution in [-0.4, -0.2) is 57.1 Å². The molecule has 1 saturated carbocycles. The number of nitriles is 1. The molecular formula is C28H32ClN3O4. The summed E-state index contributed by atoms with van der Waals surface area (Å²) in [6.45, 7) is 0.641. The van der Waals surface area contributed by atoms with Gasteiger partial charge in [-0.2, -0.15) is 5.26 Å². The second kappa shape index (κ2) is 11.9. The smallest absolute Gasteiger partial charge is 0.254 e. The molecule has 7 nitrogen and oxygen atoms in total. The van der Waals surface area contributed by atoms with Crippen LogP contribution in [0.2, 0.25) is 0 Å². The van der Waals surface area contributed by atoms with E-state index in [0.717, 1.165) is 55.2 Å². The minimum Gasteiger partial charge on any atom is -0.380 e. The van der Waals surface area contributed by atoms with Gasteiger partial charge in [-0.1, -0.05) is 48.9 Å². The number of amides is 2. The van der Waals surface area contributed by atoms with Crippen LogP contribution in [0.15, 0.2) is 48.5 Å². The zero-order valence-electron chi connectivity index (χ0n) is 20.1. The lowest BCUT2D eigenvalue weighted by molar-refractivity contribution is -0.154. The molecule has 1 aliphatic heterocycles. The fourth-order valence-corrected chi connectivity index (χ4v) is 5.83. The van der Waals surface area contributed by atoms with Gasteiger partial charge in [0.1, 0.15) is 0 Å². The van der Waals surface area contributed by atoms with Crippen molar-refractivity contribution in [1.29, 1.82) is 5.26 Å². The first-order valence-corrected chi connectivity index (χ1v) is 13.0. The summed E-state index contributed by atoms with van der Waals surface area (Å²) < 4.78 is 0. The number of nitrogens with zero attached hydrogens (tertiary/aromatic N) is 2. The highest BCUT2D eigenvalue weighted by Gasteiger charge is 2.41. The number of nitrogens with one attached hydrogen (secondary N) is 1. The molecule has 4 rings (SSSR count). The van der Waals surface area contributed by atoms with E-state index in [1.54, 1.807) is 11.0 Å². The molecule has 2 amide bonds. The van der Waals surface area contributed by atoms with E-state index in [9.17, 15) is 25.1 Å². The minimum absolute atomic E-state index is 0.00589. The van der Waals surface area contributed by atoms with E-state index in [2.05, 4.69) is 11.4 Å². The molecule has 0 bridgehead atoms. The molecule has 2 aliphatic rings. The highest BCUT2D eigenvalue weighted by Crippen LogP contribution is 2.36. The highest BCUT2D eigenvalue weighted by molar-refractivity contribution is 6.20. The van der Waals surface area contributed by atoms with Gasteiger partial charge in [0.2, 0.25) is 0 Å². The van der Waals surface area contributed by atoms with Crippen molar-refractivity contribution in [2.75, 3.05) is 6.54 Å². The number of aliphatic hydroxyl groups is 2. The van der Waals surface area contributed by atoms with E-state index in [1.165, 1.54) is 0 Å². The molecule has 3 N–H and O–H groups in total. The number of hydrogen-bond donors (Lipinski definition) is 3. The van der Waals surface area contributed by atoms with Gasteiger partial charge < -0.3 is 20.4 Å². The topological polar surface area (TPSA) is 114 Å². The van der Waals surface area contributed by atoms with Crippen LogP contribution in [0.25, 0.3) is 11.1 Å². The molecule has 0 aromatic heterocycles. The number of carbonyl (C=O) groups is 2. The Hall–Kier alpha value is -2.92. The normalized spacial score (nSPS) is 23.5. The zero-order chi connectivity index (χ0) is 25.7. The number of likely N-dealkylation sites (tertiary alicyclic amines) is 1. The van der Waals surface area contributed by atoms with Gasteiger partial charge in [-0.25, -0.2) is 0 Å². The average molecular weight is 510 g/mol. The molecule has 0 spiro atoms. The van der Waals surface area contributed by atoms with E-state index >= 15 is 0 Å². The molecule has 2 aromatic rings. The highest BCUT2D eigenvalue weighted by atomic mass is 35.5. The molecule has 8 heteroatoms. The molecule has 36 heavy (non-hydrogen) atoms. The van der Waals surface area contributed by atoms with E-state index in [1.807, 2.05) is 42.5 Å². The van der Waals surface area contributed by atoms with Crippen molar-refractivity contribution < 1.29 is 19.8 Å². The van der Waals surface area contributed by atoms with Gasteiger partial charge in [0.15, 0.2) is 12.2 Å². The van der Waals surface area contributed by atoms with Crippen molar-refractivity contribution in [2.45, 2.75) is 68.7 Å². The van der Waals surface area contributed by atoms with E-state index in [0.29, 0.717) is 12.1 Å². The molecule has 1 saturated heterocycles. The number of benzene rings is 2. The van der Waals surface area contributed by atoms with Gasteiger partial charge in [-0.05, 0) is 60.8 Å². The monoisotopic (exact) mass is 509 g/mol. The van der Waals surface area contributed by atoms with E-state index < -0.39 is 24.0 Å². The standard InChI is InChI=1S/C28H32ClN3O4/c29-22-7-3-6-20(15-22)24-9-4-14-32(24)28(36)26(34)25(33)27(35)31-17-18-10-12-19(13-11-18)23-8-2-1-5-21(23)16-30/h1-2,5,8,10-13,20,22,24-26,33-34H,3-4,6-7,9,14-15,17H2,(H,31,35)/t20-,22?,24?,25+,26+/m0/s1. The fourth-order valence-electron chi connectivity index (χ4n) is 5.45. The van der Waals surface area contributed by atoms with Crippen molar-refractivity contribution >= 4 is 23.4 Å². The molecule has 1 heterocycles. The van der Waals surface area contributed by atoms with Crippen molar-refractivity contribution in [1.82, 2.24) is 10.2 Å². The minimum atomic E-state index is -1.85.